The summed E-state index contributed by atoms with van der Waals surface area (Å²) in [5, 5.41) is 2.14. The smallest absolute Gasteiger partial charge is 0.0285 e. The second-order valence-corrected chi connectivity index (χ2v) is 5.88. The molecule has 0 atom stereocenters. The van der Waals surface area contributed by atoms with Crippen LogP contribution >= 0.6 is 27.3 Å². The highest BCUT2D eigenvalue weighted by atomic mass is 79.9. The minimum Gasteiger partial charge on any atom is -0.148 e. The van der Waals surface area contributed by atoms with E-state index < -0.39 is 0 Å². The maximum atomic E-state index is 3.45. The van der Waals surface area contributed by atoms with Crippen LogP contribution in [0, 0.1) is 5.41 Å². The van der Waals surface area contributed by atoms with Gasteiger partial charge in [0.1, 0.15) is 0 Å². The molecule has 0 unspecified atom stereocenters. The highest BCUT2D eigenvalue weighted by Gasteiger charge is 2.12. The minimum absolute atomic E-state index is 0.407. The molecular weight excluding hydrogens is 220 g/mol. The molecule has 0 N–H and O–H groups in total. The SMILES string of the molecule is CC(C)(C)Cc1cc(Br)cs1. The molecule has 11 heavy (non-hydrogen) atoms. The van der Waals surface area contributed by atoms with Crippen LogP contribution in [0.1, 0.15) is 25.6 Å². The second kappa shape index (κ2) is 3.28. The summed E-state index contributed by atoms with van der Waals surface area (Å²) in [6.45, 7) is 6.79. The van der Waals surface area contributed by atoms with Crippen molar-refractivity contribution in [2.75, 3.05) is 0 Å². The maximum Gasteiger partial charge on any atom is 0.0285 e. The van der Waals surface area contributed by atoms with Crippen molar-refractivity contribution < 1.29 is 0 Å². The van der Waals surface area contributed by atoms with Gasteiger partial charge in [-0.15, -0.1) is 11.3 Å². The minimum atomic E-state index is 0.407. The lowest BCUT2D eigenvalue weighted by molar-refractivity contribution is 0.414. The molecular formula is C9H13BrS. The lowest BCUT2D eigenvalue weighted by atomic mass is 9.92. The van der Waals surface area contributed by atoms with Gasteiger partial charge in [-0.2, -0.15) is 0 Å². The predicted octanol–water partition coefficient (Wildman–Crippen LogP) is 4.10. The second-order valence-electron chi connectivity index (χ2n) is 3.97. The van der Waals surface area contributed by atoms with E-state index >= 15 is 0 Å². The third kappa shape index (κ3) is 3.39. The van der Waals surface area contributed by atoms with Crippen molar-refractivity contribution in [1.82, 2.24) is 0 Å². The average molecular weight is 233 g/mol. The summed E-state index contributed by atoms with van der Waals surface area (Å²) in [6, 6.07) is 2.20. The number of hydrogen-bond acceptors (Lipinski definition) is 1. The monoisotopic (exact) mass is 232 g/mol. The Morgan fingerprint density at radius 2 is 2.09 bits per heavy atom. The Labute approximate surface area is 80.8 Å². The van der Waals surface area contributed by atoms with Crippen molar-refractivity contribution in [2.24, 2.45) is 5.41 Å². The number of halogens is 1. The standard InChI is InChI=1S/C9H13BrS/c1-9(2,3)5-8-4-7(10)6-11-8/h4,6H,5H2,1-3H3. The Morgan fingerprint density at radius 1 is 1.45 bits per heavy atom. The van der Waals surface area contributed by atoms with Gasteiger partial charge in [0.05, 0.1) is 0 Å². The number of thiophene rings is 1. The van der Waals surface area contributed by atoms with Gasteiger partial charge in [0.15, 0.2) is 0 Å². The van der Waals surface area contributed by atoms with Crippen molar-refractivity contribution >= 4 is 27.3 Å². The molecule has 0 fully saturated rings. The van der Waals surface area contributed by atoms with E-state index in [0.717, 1.165) is 0 Å². The molecule has 0 nitrogen and oxygen atoms in total. The van der Waals surface area contributed by atoms with Crippen molar-refractivity contribution in [3.63, 3.8) is 0 Å². The van der Waals surface area contributed by atoms with E-state index in [9.17, 15) is 0 Å². The van der Waals surface area contributed by atoms with Crippen LogP contribution in [0.2, 0.25) is 0 Å². The fourth-order valence-electron chi connectivity index (χ4n) is 0.969. The van der Waals surface area contributed by atoms with Crippen LogP contribution in [-0.2, 0) is 6.42 Å². The third-order valence-electron chi connectivity index (χ3n) is 1.33. The van der Waals surface area contributed by atoms with E-state index in [0.29, 0.717) is 5.41 Å². The van der Waals surface area contributed by atoms with Crippen LogP contribution < -0.4 is 0 Å². The van der Waals surface area contributed by atoms with Gasteiger partial charge in [-0.3, -0.25) is 0 Å². The zero-order chi connectivity index (χ0) is 8.48. The van der Waals surface area contributed by atoms with E-state index in [1.807, 2.05) is 11.3 Å². The van der Waals surface area contributed by atoms with Gasteiger partial charge < -0.3 is 0 Å². The topological polar surface area (TPSA) is 0 Å². The highest BCUT2D eigenvalue weighted by molar-refractivity contribution is 9.10. The largest absolute Gasteiger partial charge is 0.148 e. The molecule has 1 aromatic heterocycles. The molecule has 0 aliphatic carbocycles. The maximum absolute atomic E-state index is 3.45. The molecule has 1 heterocycles. The first-order valence-electron chi connectivity index (χ1n) is 3.70. The van der Waals surface area contributed by atoms with Crippen LogP contribution in [-0.4, -0.2) is 0 Å². The van der Waals surface area contributed by atoms with Gasteiger partial charge in [-0.1, -0.05) is 20.8 Å². The highest BCUT2D eigenvalue weighted by Crippen LogP contribution is 2.27. The molecule has 0 aromatic carbocycles. The van der Waals surface area contributed by atoms with Crippen LogP contribution in [0.25, 0.3) is 0 Å². The van der Waals surface area contributed by atoms with E-state index in [1.54, 1.807) is 0 Å². The molecule has 0 spiro atoms. The molecule has 62 valence electrons. The van der Waals surface area contributed by atoms with Crippen LogP contribution in [0.3, 0.4) is 0 Å². The normalized spacial score (nSPS) is 12.0. The predicted molar refractivity (Wildman–Crippen MR) is 55.2 cm³/mol. The summed E-state index contributed by atoms with van der Waals surface area (Å²) < 4.78 is 1.21. The molecule has 0 amide bonds. The van der Waals surface area contributed by atoms with E-state index in [4.69, 9.17) is 0 Å². The first-order chi connectivity index (χ1) is 4.97. The zero-order valence-electron chi connectivity index (χ0n) is 7.15. The summed E-state index contributed by atoms with van der Waals surface area (Å²) in [4.78, 5) is 1.46. The molecule has 2 heteroatoms. The Kier molecular flexibility index (Phi) is 2.76. The third-order valence-corrected chi connectivity index (χ3v) is 3.02. The quantitative estimate of drug-likeness (QED) is 0.685. The van der Waals surface area contributed by atoms with E-state index in [1.165, 1.54) is 15.8 Å². The first kappa shape index (κ1) is 9.27. The lowest BCUT2D eigenvalue weighted by Gasteiger charge is -2.16. The van der Waals surface area contributed by atoms with Gasteiger partial charge >= 0.3 is 0 Å². The van der Waals surface area contributed by atoms with Crippen molar-refractivity contribution in [1.29, 1.82) is 0 Å². The molecule has 0 bridgehead atoms. The fourth-order valence-corrected chi connectivity index (χ4v) is 2.72. The Morgan fingerprint density at radius 3 is 2.45 bits per heavy atom. The Balaban J connectivity index is 2.65. The van der Waals surface area contributed by atoms with Crippen molar-refractivity contribution in [3.8, 4) is 0 Å². The fraction of sp³-hybridized carbons (Fsp3) is 0.556. The molecule has 0 saturated heterocycles. The van der Waals surface area contributed by atoms with Gasteiger partial charge in [-0.05, 0) is 33.8 Å². The van der Waals surface area contributed by atoms with Crippen molar-refractivity contribution in [2.45, 2.75) is 27.2 Å². The Bertz CT molecular complexity index is 232. The lowest BCUT2D eigenvalue weighted by Crippen LogP contribution is -2.07. The van der Waals surface area contributed by atoms with Crippen molar-refractivity contribution in [3.05, 3.63) is 20.8 Å². The van der Waals surface area contributed by atoms with Gasteiger partial charge in [-0.25, -0.2) is 0 Å². The Hall–Kier alpha value is 0.180. The number of hydrogen-bond donors (Lipinski definition) is 0. The molecule has 1 aromatic rings. The van der Waals surface area contributed by atoms with Gasteiger partial charge in [0, 0.05) is 14.7 Å². The summed E-state index contributed by atoms with van der Waals surface area (Å²) in [6.07, 6.45) is 1.17. The molecule has 0 aliphatic heterocycles. The van der Waals surface area contributed by atoms with Gasteiger partial charge in [0.2, 0.25) is 0 Å². The number of rotatable bonds is 1. The zero-order valence-corrected chi connectivity index (χ0v) is 9.55. The van der Waals surface area contributed by atoms with E-state index in [-0.39, 0.29) is 0 Å². The summed E-state index contributed by atoms with van der Waals surface area (Å²) in [5.74, 6) is 0. The molecule has 0 saturated carbocycles. The van der Waals surface area contributed by atoms with Crippen LogP contribution in [0.4, 0.5) is 0 Å². The average Bonchev–Trinajstić information content (AvgIpc) is 2.10. The summed E-state index contributed by atoms with van der Waals surface area (Å²) >= 11 is 5.28. The first-order valence-corrected chi connectivity index (χ1v) is 5.37. The summed E-state index contributed by atoms with van der Waals surface area (Å²) in [5.41, 5.74) is 0.407. The van der Waals surface area contributed by atoms with E-state index in [2.05, 4.69) is 48.1 Å². The van der Waals surface area contributed by atoms with Gasteiger partial charge in [0.25, 0.3) is 0 Å². The molecule has 0 radical (unpaired) electrons. The summed E-state index contributed by atoms with van der Waals surface area (Å²) in [7, 11) is 0. The molecule has 1 rings (SSSR count). The van der Waals surface area contributed by atoms with Crippen LogP contribution in [0.5, 0.6) is 0 Å². The molecule has 0 aliphatic rings. The van der Waals surface area contributed by atoms with Crippen LogP contribution in [0.15, 0.2) is 15.9 Å².